The van der Waals surface area contributed by atoms with Crippen molar-refractivity contribution in [3.63, 3.8) is 0 Å². The lowest BCUT2D eigenvalue weighted by molar-refractivity contribution is 0.385. The van der Waals surface area contributed by atoms with Gasteiger partial charge in [0.2, 0.25) is 17.0 Å². The predicted octanol–water partition coefficient (Wildman–Crippen LogP) is 5.04. The Hall–Kier alpha value is -3.23. The van der Waals surface area contributed by atoms with E-state index in [-0.39, 0.29) is 0 Å². The molecule has 7 nitrogen and oxygen atoms in total. The van der Waals surface area contributed by atoms with Crippen LogP contribution < -0.4 is 15.5 Å². The lowest BCUT2D eigenvalue weighted by Gasteiger charge is -2.37. The molecule has 0 saturated carbocycles. The van der Waals surface area contributed by atoms with Gasteiger partial charge in [-0.1, -0.05) is 35.9 Å². The number of aromatic nitrogens is 2. The highest BCUT2D eigenvalue weighted by Crippen LogP contribution is 2.21. The number of halogens is 1. The van der Waals surface area contributed by atoms with Crippen LogP contribution >= 0.6 is 23.8 Å². The van der Waals surface area contributed by atoms with E-state index in [1.54, 1.807) is 0 Å². The van der Waals surface area contributed by atoms with Crippen molar-refractivity contribution in [3.05, 3.63) is 76.6 Å². The van der Waals surface area contributed by atoms with Crippen LogP contribution in [0, 0.1) is 20.8 Å². The summed E-state index contributed by atoms with van der Waals surface area (Å²) in [5.41, 5.74) is 4.93. The number of hydrogen-bond donors (Lipinski definition) is 2. The number of guanidine groups is 1. The molecule has 2 N–H and O–H groups in total. The third kappa shape index (κ3) is 6.21. The van der Waals surface area contributed by atoms with Crippen LogP contribution in [0.15, 0.2) is 59.6 Å². The van der Waals surface area contributed by atoms with Crippen LogP contribution in [0.1, 0.15) is 17.0 Å². The zero-order valence-electron chi connectivity index (χ0n) is 19.5. The number of piperazine rings is 1. The van der Waals surface area contributed by atoms with Crippen LogP contribution in [-0.4, -0.2) is 52.1 Å². The van der Waals surface area contributed by atoms with Gasteiger partial charge < -0.3 is 15.1 Å². The van der Waals surface area contributed by atoms with Crippen LogP contribution in [0.3, 0.4) is 0 Å². The van der Waals surface area contributed by atoms with Gasteiger partial charge in [-0.15, -0.1) is 0 Å². The summed E-state index contributed by atoms with van der Waals surface area (Å²) in [5, 5.41) is 7.67. The number of aryl methyl sites for hydroxylation is 3. The molecule has 2 heterocycles. The first-order valence-electron chi connectivity index (χ1n) is 11.2. The van der Waals surface area contributed by atoms with Gasteiger partial charge in [0.25, 0.3) is 0 Å². The van der Waals surface area contributed by atoms with Crippen molar-refractivity contribution in [2.45, 2.75) is 20.8 Å². The van der Waals surface area contributed by atoms with Gasteiger partial charge in [0.15, 0.2) is 0 Å². The first-order valence-corrected chi connectivity index (χ1v) is 12.0. The van der Waals surface area contributed by atoms with Crippen LogP contribution in [0.2, 0.25) is 5.02 Å². The highest BCUT2D eigenvalue weighted by molar-refractivity contribution is 7.80. The molecule has 1 aliphatic rings. The molecular formula is C25H28ClN7S. The quantitative estimate of drug-likeness (QED) is 0.301. The largest absolute Gasteiger partial charge is 0.368 e. The number of para-hydroxylation sites is 1. The van der Waals surface area contributed by atoms with Gasteiger partial charge in [0, 0.05) is 54.0 Å². The van der Waals surface area contributed by atoms with E-state index in [1.807, 2.05) is 69.3 Å². The molecule has 4 rings (SSSR count). The molecule has 0 bridgehead atoms. The standard InChI is InChI=1S/C25H28ClN7S/c1-17-7-4-5-10-22(17)29-25(34)31-24(30-23-27-18(2)15-19(3)28-23)33-13-11-32(12-14-33)21-9-6-8-20(26)16-21/h4-10,15-16H,11-14H2,1-3H3,(H2,27,28,29,30,31,34). The fourth-order valence-electron chi connectivity index (χ4n) is 3.86. The summed E-state index contributed by atoms with van der Waals surface area (Å²) in [6.45, 7) is 9.10. The van der Waals surface area contributed by atoms with E-state index >= 15 is 0 Å². The highest BCUT2D eigenvalue weighted by atomic mass is 35.5. The van der Waals surface area contributed by atoms with E-state index in [9.17, 15) is 0 Å². The maximum absolute atomic E-state index is 6.19. The molecular weight excluding hydrogens is 466 g/mol. The molecule has 0 spiro atoms. The van der Waals surface area contributed by atoms with Gasteiger partial charge in [-0.3, -0.25) is 5.32 Å². The van der Waals surface area contributed by atoms with Crippen LogP contribution in [0.25, 0.3) is 0 Å². The summed E-state index contributed by atoms with van der Waals surface area (Å²) in [7, 11) is 0. The monoisotopic (exact) mass is 493 g/mol. The Kier molecular flexibility index (Phi) is 7.59. The highest BCUT2D eigenvalue weighted by Gasteiger charge is 2.22. The Balaban J connectivity index is 1.54. The molecule has 0 unspecified atom stereocenters. The summed E-state index contributed by atoms with van der Waals surface area (Å²) >= 11 is 11.8. The van der Waals surface area contributed by atoms with E-state index in [1.165, 1.54) is 0 Å². The second-order valence-corrected chi connectivity index (χ2v) is 9.06. The number of aliphatic imine (C=N–C) groups is 1. The number of benzene rings is 2. The SMILES string of the molecule is Cc1cc(C)nc(N/C(=N/C(=S)Nc2ccccc2C)N2CCN(c3cccc(Cl)c3)CC2)n1. The number of hydrogen-bond acceptors (Lipinski definition) is 4. The van der Waals surface area contributed by atoms with Crippen molar-refractivity contribution < 1.29 is 0 Å². The minimum atomic E-state index is 0.374. The van der Waals surface area contributed by atoms with E-state index < -0.39 is 0 Å². The van der Waals surface area contributed by atoms with Gasteiger partial charge in [0.1, 0.15) is 0 Å². The summed E-state index contributed by atoms with van der Waals surface area (Å²) in [5.74, 6) is 1.13. The molecule has 1 aliphatic heterocycles. The summed E-state index contributed by atoms with van der Waals surface area (Å²) in [6.07, 6.45) is 0. The third-order valence-corrected chi connectivity index (χ3v) is 5.98. The molecule has 1 aromatic heterocycles. The number of nitrogens with one attached hydrogen (secondary N) is 2. The van der Waals surface area contributed by atoms with Crippen LogP contribution in [-0.2, 0) is 0 Å². The Morgan fingerprint density at radius 3 is 2.29 bits per heavy atom. The number of anilines is 3. The molecule has 3 aromatic rings. The fraction of sp³-hybridized carbons (Fsp3) is 0.280. The van der Waals surface area contributed by atoms with Crippen molar-refractivity contribution >= 4 is 52.2 Å². The number of nitrogens with zero attached hydrogens (tertiary/aromatic N) is 5. The van der Waals surface area contributed by atoms with E-state index in [0.29, 0.717) is 17.0 Å². The summed E-state index contributed by atoms with van der Waals surface area (Å²) in [6, 6.07) is 17.9. The predicted molar refractivity (Wildman–Crippen MR) is 145 cm³/mol. The molecule has 34 heavy (non-hydrogen) atoms. The molecule has 0 atom stereocenters. The minimum absolute atomic E-state index is 0.374. The molecule has 2 aromatic carbocycles. The van der Waals surface area contributed by atoms with Crippen molar-refractivity contribution in [2.24, 2.45) is 4.99 Å². The molecule has 1 fully saturated rings. The number of rotatable bonds is 3. The molecule has 1 saturated heterocycles. The normalized spacial score (nSPS) is 14.2. The molecule has 0 aliphatic carbocycles. The van der Waals surface area contributed by atoms with Crippen molar-refractivity contribution in [1.82, 2.24) is 14.9 Å². The Bertz CT molecular complexity index is 1190. The smallest absolute Gasteiger partial charge is 0.229 e. The van der Waals surface area contributed by atoms with E-state index in [2.05, 4.69) is 36.5 Å². The Morgan fingerprint density at radius 2 is 1.62 bits per heavy atom. The average Bonchev–Trinajstić information content (AvgIpc) is 2.80. The van der Waals surface area contributed by atoms with E-state index in [0.717, 1.165) is 59.5 Å². The van der Waals surface area contributed by atoms with Gasteiger partial charge in [0.05, 0.1) is 0 Å². The lowest BCUT2D eigenvalue weighted by Crippen LogP contribution is -2.51. The van der Waals surface area contributed by atoms with Crippen molar-refractivity contribution in [3.8, 4) is 0 Å². The summed E-state index contributed by atoms with van der Waals surface area (Å²) < 4.78 is 0. The Morgan fingerprint density at radius 1 is 0.912 bits per heavy atom. The average molecular weight is 494 g/mol. The zero-order chi connectivity index (χ0) is 24.1. The van der Waals surface area contributed by atoms with Gasteiger partial charge in [-0.25, -0.2) is 9.97 Å². The topological polar surface area (TPSA) is 68.7 Å². The molecule has 9 heteroatoms. The first kappa shape index (κ1) is 23.9. The number of thiocarbonyl (C=S) groups is 1. The second kappa shape index (κ2) is 10.8. The molecule has 0 radical (unpaired) electrons. The minimum Gasteiger partial charge on any atom is -0.368 e. The van der Waals surface area contributed by atoms with Crippen molar-refractivity contribution in [2.75, 3.05) is 41.7 Å². The maximum Gasteiger partial charge on any atom is 0.229 e. The zero-order valence-corrected chi connectivity index (χ0v) is 21.1. The van der Waals surface area contributed by atoms with Crippen LogP contribution in [0.5, 0.6) is 0 Å². The van der Waals surface area contributed by atoms with E-state index in [4.69, 9.17) is 28.8 Å². The lowest BCUT2D eigenvalue weighted by atomic mass is 10.2. The van der Waals surface area contributed by atoms with Gasteiger partial charge in [-0.2, -0.15) is 4.99 Å². The third-order valence-electron chi connectivity index (χ3n) is 5.55. The maximum atomic E-state index is 6.19. The van der Waals surface area contributed by atoms with Crippen molar-refractivity contribution in [1.29, 1.82) is 0 Å². The fourth-order valence-corrected chi connectivity index (χ4v) is 4.24. The summed E-state index contributed by atoms with van der Waals surface area (Å²) in [4.78, 5) is 18.3. The molecule has 0 amide bonds. The molecule has 176 valence electrons. The van der Waals surface area contributed by atoms with Gasteiger partial charge in [-0.05, 0) is 68.9 Å². The Labute approximate surface area is 210 Å². The second-order valence-electron chi connectivity index (χ2n) is 8.23. The van der Waals surface area contributed by atoms with Gasteiger partial charge >= 0.3 is 0 Å². The first-order chi connectivity index (χ1) is 16.4. The van der Waals surface area contributed by atoms with Crippen LogP contribution in [0.4, 0.5) is 17.3 Å².